The number of hydrogen-bond donors (Lipinski definition) is 2. The number of likely N-dealkylation sites (tertiary alicyclic amines) is 1. The number of nitrogens with one attached hydrogen (secondary N) is 1. The van der Waals surface area contributed by atoms with E-state index in [9.17, 15) is 0 Å². The zero-order valence-electron chi connectivity index (χ0n) is 9.82. The average molecular weight is 220 g/mol. The summed E-state index contributed by atoms with van der Waals surface area (Å²) >= 11 is 0. The van der Waals surface area contributed by atoms with Gasteiger partial charge in [-0.1, -0.05) is 0 Å². The van der Waals surface area contributed by atoms with E-state index in [1.807, 2.05) is 12.1 Å². The van der Waals surface area contributed by atoms with E-state index in [0.717, 1.165) is 12.2 Å². The lowest BCUT2D eigenvalue weighted by molar-refractivity contribution is 0.328. The molecule has 1 aromatic heterocycles. The molecule has 2 heterocycles. The Balaban J connectivity index is 1.86. The monoisotopic (exact) mass is 220 g/mol. The first-order chi connectivity index (χ1) is 7.75. The maximum absolute atomic E-state index is 5.79. The normalized spacial score (nSPS) is 18.6. The van der Waals surface area contributed by atoms with E-state index in [1.54, 1.807) is 6.20 Å². The Kier molecular flexibility index (Phi) is 3.62. The summed E-state index contributed by atoms with van der Waals surface area (Å²) in [7, 11) is 0. The predicted molar refractivity (Wildman–Crippen MR) is 67.4 cm³/mol. The Morgan fingerprint density at radius 1 is 1.50 bits per heavy atom. The van der Waals surface area contributed by atoms with Gasteiger partial charge in [-0.05, 0) is 45.0 Å². The molecule has 0 spiro atoms. The Morgan fingerprint density at radius 3 is 2.94 bits per heavy atom. The lowest BCUT2D eigenvalue weighted by Crippen LogP contribution is -2.33. The minimum Gasteiger partial charge on any atom is -0.382 e. The molecule has 0 aromatic carbocycles. The van der Waals surface area contributed by atoms with E-state index in [0.29, 0.717) is 11.9 Å². The molecule has 1 saturated heterocycles. The van der Waals surface area contributed by atoms with Gasteiger partial charge in [-0.25, -0.2) is 4.98 Å². The van der Waals surface area contributed by atoms with Crippen LogP contribution in [0.25, 0.3) is 0 Å². The van der Waals surface area contributed by atoms with Crippen LogP contribution in [0.3, 0.4) is 0 Å². The maximum atomic E-state index is 5.79. The first-order valence-electron chi connectivity index (χ1n) is 5.95. The van der Waals surface area contributed by atoms with E-state index in [1.165, 1.54) is 25.9 Å². The second-order valence-corrected chi connectivity index (χ2v) is 4.49. The molecular weight excluding hydrogens is 200 g/mol. The van der Waals surface area contributed by atoms with Crippen molar-refractivity contribution in [2.45, 2.75) is 25.8 Å². The molecule has 0 aliphatic carbocycles. The summed E-state index contributed by atoms with van der Waals surface area (Å²) in [6, 6.07) is 4.29. The summed E-state index contributed by atoms with van der Waals surface area (Å²) < 4.78 is 0. The number of aromatic nitrogens is 1. The Labute approximate surface area is 96.8 Å². The summed E-state index contributed by atoms with van der Waals surface area (Å²) in [6.45, 7) is 5.72. The third kappa shape index (κ3) is 2.85. The average Bonchev–Trinajstić information content (AvgIpc) is 2.74. The summed E-state index contributed by atoms with van der Waals surface area (Å²) in [5.74, 6) is 0.579. The van der Waals surface area contributed by atoms with Gasteiger partial charge in [0, 0.05) is 18.8 Å². The Hall–Kier alpha value is -1.29. The molecule has 88 valence electrons. The van der Waals surface area contributed by atoms with Crippen LogP contribution in [0.4, 0.5) is 11.5 Å². The molecule has 1 aliphatic heterocycles. The highest BCUT2D eigenvalue weighted by Gasteiger charge is 2.14. The van der Waals surface area contributed by atoms with Gasteiger partial charge in [0.25, 0.3) is 0 Å². The van der Waals surface area contributed by atoms with Gasteiger partial charge in [0.1, 0.15) is 5.82 Å². The van der Waals surface area contributed by atoms with Gasteiger partial charge in [-0.2, -0.15) is 0 Å². The molecule has 2 rings (SSSR count). The van der Waals surface area contributed by atoms with Crippen LogP contribution < -0.4 is 11.1 Å². The van der Waals surface area contributed by atoms with E-state index in [2.05, 4.69) is 22.1 Å². The third-order valence-electron chi connectivity index (χ3n) is 2.97. The summed E-state index contributed by atoms with van der Waals surface area (Å²) in [4.78, 5) is 6.56. The van der Waals surface area contributed by atoms with Crippen LogP contribution in [0.1, 0.15) is 19.8 Å². The Bertz CT molecular complexity index is 334. The number of nitrogens with zero attached hydrogens (tertiary/aromatic N) is 2. The molecular formula is C12H20N4. The predicted octanol–water partition coefficient (Wildman–Crippen LogP) is 1.56. The van der Waals surface area contributed by atoms with E-state index >= 15 is 0 Å². The molecule has 0 radical (unpaired) electrons. The van der Waals surface area contributed by atoms with Crippen molar-refractivity contribution in [1.29, 1.82) is 0 Å². The first kappa shape index (κ1) is 11.2. The number of hydrogen-bond acceptors (Lipinski definition) is 4. The highest BCUT2D eigenvalue weighted by molar-refractivity contribution is 5.61. The molecule has 1 fully saturated rings. The van der Waals surface area contributed by atoms with Crippen LogP contribution >= 0.6 is 0 Å². The minimum absolute atomic E-state index is 0.407. The van der Waals surface area contributed by atoms with E-state index in [-0.39, 0.29) is 0 Å². The van der Waals surface area contributed by atoms with Crippen molar-refractivity contribution in [2.24, 2.45) is 0 Å². The van der Waals surface area contributed by atoms with Crippen molar-refractivity contribution in [3.05, 3.63) is 18.3 Å². The fourth-order valence-electron chi connectivity index (χ4n) is 2.20. The molecule has 0 amide bonds. The van der Waals surface area contributed by atoms with Gasteiger partial charge in [-0.3, -0.25) is 0 Å². The number of rotatable bonds is 4. The second-order valence-electron chi connectivity index (χ2n) is 4.49. The van der Waals surface area contributed by atoms with E-state index < -0.39 is 0 Å². The van der Waals surface area contributed by atoms with Gasteiger partial charge in [0.15, 0.2) is 0 Å². The summed E-state index contributed by atoms with van der Waals surface area (Å²) in [5.41, 5.74) is 6.73. The van der Waals surface area contributed by atoms with Crippen LogP contribution in [0, 0.1) is 0 Å². The third-order valence-corrected chi connectivity index (χ3v) is 2.97. The number of anilines is 2. The molecule has 4 heteroatoms. The van der Waals surface area contributed by atoms with Gasteiger partial charge < -0.3 is 16.0 Å². The maximum Gasteiger partial charge on any atom is 0.146 e. The lowest BCUT2D eigenvalue weighted by Gasteiger charge is -2.22. The largest absolute Gasteiger partial charge is 0.382 e. The SMILES string of the molecule is CC(CN1CCCC1)Nc1cccnc1N. The summed E-state index contributed by atoms with van der Waals surface area (Å²) in [5, 5.41) is 3.41. The fraction of sp³-hybridized carbons (Fsp3) is 0.583. The Morgan fingerprint density at radius 2 is 2.25 bits per heavy atom. The number of pyridine rings is 1. The highest BCUT2D eigenvalue weighted by Crippen LogP contribution is 2.16. The van der Waals surface area contributed by atoms with Crippen LogP contribution in [0.15, 0.2) is 18.3 Å². The van der Waals surface area contributed by atoms with Gasteiger partial charge >= 0.3 is 0 Å². The highest BCUT2D eigenvalue weighted by atomic mass is 15.2. The number of nitrogen functional groups attached to an aromatic ring is 1. The molecule has 3 N–H and O–H groups in total. The minimum atomic E-state index is 0.407. The number of nitrogens with two attached hydrogens (primary N) is 1. The molecule has 0 bridgehead atoms. The van der Waals surface area contributed by atoms with Crippen molar-refractivity contribution in [2.75, 3.05) is 30.7 Å². The molecule has 1 aliphatic rings. The van der Waals surface area contributed by atoms with Crippen molar-refractivity contribution in [1.82, 2.24) is 9.88 Å². The quantitative estimate of drug-likeness (QED) is 0.808. The molecule has 1 atom stereocenters. The fourth-order valence-corrected chi connectivity index (χ4v) is 2.20. The van der Waals surface area contributed by atoms with Gasteiger partial charge in [0.05, 0.1) is 5.69 Å². The summed E-state index contributed by atoms with van der Waals surface area (Å²) in [6.07, 6.45) is 4.38. The first-order valence-corrected chi connectivity index (χ1v) is 5.95. The molecule has 1 unspecified atom stereocenters. The van der Waals surface area contributed by atoms with Gasteiger partial charge in [-0.15, -0.1) is 0 Å². The van der Waals surface area contributed by atoms with Crippen LogP contribution in [0.5, 0.6) is 0 Å². The molecule has 1 aromatic rings. The molecule has 0 saturated carbocycles. The van der Waals surface area contributed by atoms with Crippen LogP contribution in [0.2, 0.25) is 0 Å². The zero-order valence-corrected chi connectivity index (χ0v) is 9.82. The van der Waals surface area contributed by atoms with E-state index in [4.69, 9.17) is 5.73 Å². The van der Waals surface area contributed by atoms with Crippen molar-refractivity contribution >= 4 is 11.5 Å². The topological polar surface area (TPSA) is 54.2 Å². The molecule has 16 heavy (non-hydrogen) atoms. The standard InChI is InChI=1S/C12H20N4/c1-10(9-16-7-2-3-8-16)15-11-5-4-6-14-12(11)13/h4-6,10,15H,2-3,7-9H2,1H3,(H2,13,14). The van der Waals surface area contributed by atoms with Gasteiger partial charge in [0.2, 0.25) is 0 Å². The van der Waals surface area contributed by atoms with Crippen LogP contribution in [-0.4, -0.2) is 35.6 Å². The van der Waals surface area contributed by atoms with Crippen molar-refractivity contribution in [3.63, 3.8) is 0 Å². The van der Waals surface area contributed by atoms with Crippen molar-refractivity contribution < 1.29 is 0 Å². The molecule has 4 nitrogen and oxygen atoms in total. The van der Waals surface area contributed by atoms with Crippen molar-refractivity contribution in [3.8, 4) is 0 Å². The zero-order chi connectivity index (χ0) is 11.4. The second kappa shape index (κ2) is 5.16. The smallest absolute Gasteiger partial charge is 0.146 e. The lowest BCUT2D eigenvalue weighted by atomic mass is 10.3. The van der Waals surface area contributed by atoms with Crippen LogP contribution in [-0.2, 0) is 0 Å².